The monoisotopic (exact) mass is 193 g/mol. The highest BCUT2D eigenvalue weighted by atomic mass is 17.2. The molecule has 0 bridgehead atoms. The molecular formula is C11H15NO2. The standard InChI is InChI=1S/C11H15NO2/c1-9-8-11(2,14-13-9)12-10-6-4-3-5-7-10/h3-7,9,12H,8H2,1-2H3/t9-,11?/m1/s1. The fourth-order valence-corrected chi connectivity index (χ4v) is 1.70. The maximum atomic E-state index is 5.25. The summed E-state index contributed by atoms with van der Waals surface area (Å²) in [4.78, 5) is 10.3. The van der Waals surface area contributed by atoms with Crippen LogP contribution in [0.15, 0.2) is 30.3 Å². The lowest BCUT2D eigenvalue weighted by atomic mass is 10.1. The molecule has 1 fully saturated rings. The van der Waals surface area contributed by atoms with Crippen molar-refractivity contribution < 1.29 is 9.78 Å². The fraction of sp³-hybridized carbons (Fsp3) is 0.455. The van der Waals surface area contributed by atoms with E-state index in [2.05, 4.69) is 5.32 Å². The van der Waals surface area contributed by atoms with Gasteiger partial charge in [-0.1, -0.05) is 18.2 Å². The van der Waals surface area contributed by atoms with Crippen molar-refractivity contribution in [3.63, 3.8) is 0 Å². The van der Waals surface area contributed by atoms with E-state index >= 15 is 0 Å². The third kappa shape index (κ3) is 2.05. The zero-order valence-corrected chi connectivity index (χ0v) is 8.49. The second-order valence-corrected chi connectivity index (χ2v) is 3.92. The summed E-state index contributed by atoms with van der Waals surface area (Å²) in [7, 11) is 0. The Morgan fingerprint density at radius 1 is 1.36 bits per heavy atom. The molecular weight excluding hydrogens is 178 g/mol. The second-order valence-electron chi connectivity index (χ2n) is 3.92. The van der Waals surface area contributed by atoms with Crippen LogP contribution in [0.5, 0.6) is 0 Å². The Balaban J connectivity index is 2.04. The van der Waals surface area contributed by atoms with Crippen LogP contribution < -0.4 is 5.32 Å². The predicted octanol–water partition coefficient (Wildman–Crippen LogP) is 2.56. The molecule has 14 heavy (non-hydrogen) atoms. The van der Waals surface area contributed by atoms with Gasteiger partial charge < -0.3 is 5.32 Å². The topological polar surface area (TPSA) is 30.5 Å². The average Bonchev–Trinajstić information content (AvgIpc) is 2.47. The normalized spacial score (nSPS) is 31.7. The molecule has 76 valence electrons. The van der Waals surface area contributed by atoms with Crippen LogP contribution in [0.2, 0.25) is 0 Å². The summed E-state index contributed by atoms with van der Waals surface area (Å²) in [6.07, 6.45) is 0.998. The van der Waals surface area contributed by atoms with Crippen molar-refractivity contribution in [2.75, 3.05) is 5.32 Å². The molecule has 0 aromatic heterocycles. The minimum atomic E-state index is -0.402. The highest BCUT2D eigenvalue weighted by molar-refractivity contribution is 5.44. The first-order valence-electron chi connectivity index (χ1n) is 4.86. The van der Waals surface area contributed by atoms with Crippen LogP contribution in [0.3, 0.4) is 0 Å². The SMILES string of the molecule is C[C@@H]1CC(C)(Nc2ccccc2)OO1. The zero-order chi connectivity index (χ0) is 10.0. The van der Waals surface area contributed by atoms with Gasteiger partial charge in [-0.3, -0.25) is 0 Å². The van der Waals surface area contributed by atoms with Crippen molar-refractivity contribution in [1.29, 1.82) is 0 Å². The molecule has 0 aliphatic carbocycles. The van der Waals surface area contributed by atoms with Crippen molar-refractivity contribution in [2.45, 2.75) is 32.1 Å². The van der Waals surface area contributed by atoms with Crippen molar-refractivity contribution in [3.05, 3.63) is 30.3 Å². The van der Waals surface area contributed by atoms with Gasteiger partial charge in [0.15, 0.2) is 5.72 Å². The van der Waals surface area contributed by atoms with Crippen LogP contribution in [0.1, 0.15) is 20.3 Å². The summed E-state index contributed by atoms with van der Waals surface area (Å²) in [6.45, 7) is 3.99. The minimum Gasteiger partial charge on any atom is -0.355 e. The summed E-state index contributed by atoms with van der Waals surface area (Å²) in [5, 5.41) is 3.30. The summed E-state index contributed by atoms with van der Waals surface area (Å²) in [5.74, 6) is 0. The Labute approximate surface area is 84.0 Å². The van der Waals surface area contributed by atoms with Gasteiger partial charge in [-0.05, 0) is 26.0 Å². The zero-order valence-electron chi connectivity index (χ0n) is 8.49. The predicted molar refractivity (Wildman–Crippen MR) is 54.7 cm³/mol. The van der Waals surface area contributed by atoms with Gasteiger partial charge in [-0.15, -0.1) is 0 Å². The van der Waals surface area contributed by atoms with E-state index in [4.69, 9.17) is 9.78 Å². The van der Waals surface area contributed by atoms with E-state index in [0.717, 1.165) is 12.1 Å². The van der Waals surface area contributed by atoms with Crippen LogP contribution in [-0.4, -0.2) is 11.8 Å². The largest absolute Gasteiger partial charge is 0.355 e. The molecule has 1 aromatic rings. The van der Waals surface area contributed by atoms with Crippen LogP contribution in [0, 0.1) is 0 Å². The molecule has 2 atom stereocenters. The number of para-hydroxylation sites is 1. The summed E-state index contributed by atoms with van der Waals surface area (Å²) < 4.78 is 0. The molecule has 0 spiro atoms. The third-order valence-corrected chi connectivity index (χ3v) is 2.26. The Morgan fingerprint density at radius 3 is 2.64 bits per heavy atom. The lowest BCUT2D eigenvalue weighted by Gasteiger charge is -2.23. The number of nitrogens with one attached hydrogen (secondary N) is 1. The summed E-state index contributed by atoms with van der Waals surface area (Å²) in [5.41, 5.74) is 0.647. The lowest BCUT2D eigenvalue weighted by Crippen LogP contribution is -2.33. The highest BCUT2D eigenvalue weighted by Gasteiger charge is 2.36. The number of hydrogen-bond acceptors (Lipinski definition) is 3. The van der Waals surface area contributed by atoms with Crippen LogP contribution in [-0.2, 0) is 9.78 Å². The van der Waals surface area contributed by atoms with Crippen LogP contribution >= 0.6 is 0 Å². The van der Waals surface area contributed by atoms with Gasteiger partial charge >= 0.3 is 0 Å². The first-order chi connectivity index (χ1) is 6.68. The molecule has 1 unspecified atom stereocenters. The van der Waals surface area contributed by atoms with E-state index in [-0.39, 0.29) is 6.10 Å². The fourth-order valence-electron chi connectivity index (χ4n) is 1.70. The highest BCUT2D eigenvalue weighted by Crippen LogP contribution is 2.28. The van der Waals surface area contributed by atoms with E-state index in [1.54, 1.807) is 0 Å². The van der Waals surface area contributed by atoms with Gasteiger partial charge in [-0.25, -0.2) is 9.78 Å². The first kappa shape index (κ1) is 9.49. The second kappa shape index (κ2) is 3.59. The number of rotatable bonds is 2. The van der Waals surface area contributed by atoms with Gasteiger partial charge in [0.25, 0.3) is 0 Å². The maximum absolute atomic E-state index is 5.25. The molecule has 1 N–H and O–H groups in total. The van der Waals surface area contributed by atoms with Gasteiger partial charge in [0.2, 0.25) is 0 Å². The van der Waals surface area contributed by atoms with Crippen LogP contribution in [0.25, 0.3) is 0 Å². The van der Waals surface area contributed by atoms with E-state index < -0.39 is 5.72 Å². The lowest BCUT2D eigenvalue weighted by molar-refractivity contribution is -0.313. The van der Waals surface area contributed by atoms with Gasteiger partial charge in [0.05, 0.1) is 6.10 Å². The smallest absolute Gasteiger partial charge is 0.172 e. The van der Waals surface area contributed by atoms with Gasteiger partial charge in [-0.2, -0.15) is 0 Å². The maximum Gasteiger partial charge on any atom is 0.172 e. The Morgan fingerprint density at radius 2 is 2.07 bits per heavy atom. The van der Waals surface area contributed by atoms with Crippen molar-refractivity contribution >= 4 is 5.69 Å². The molecule has 1 aromatic carbocycles. The molecule has 0 radical (unpaired) electrons. The Kier molecular flexibility index (Phi) is 2.44. The quantitative estimate of drug-likeness (QED) is 0.732. The van der Waals surface area contributed by atoms with E-state index in [1.807, 2.05) is 44.2 Å². The van der Waals surface area contributed by atoms with Gasteiger partial charge in [0.1, 0.15) is 0 Å². The molecule has 1 aliphatic heterocycles. The minimum absolute atomic E-state index is 0.149. The molecule has 2 rings (SSSR count). The average molecular weight is 193 g/mol. The Hall–Kier alpha value is -1.06. The van der Waals surface area contributed by atoms with Crippen molar-refractivity contribution in [2.24, 2.45) is 0 Å². The summed E-state index contributed by atoms with van der Waals surface area (Å²) in [6, 6.07) is 9.99. The van der Waals surface area contributed by atoms with Gasteiger partial charge in [0, 0.05) is 12.1 Å². The molecule has 1 heterocycles. The molecule has 3 heteroatoms. The van der Waals surface area contributed by atoms with Crippen LogP contribution in [0.4, 0.5) is 5.69 Å². The molecule has 0 amide bonds. The third-order valence-electron chi connectivity index (χ3n) is 2.26. The molecule has 3 nitrogen and oxygen atoms in total. The van der Waals surface area contributed by atoms with Crippen molar-refractivity contribution in [3.8, 4) is 0 Å². The van der Waals surface area contributed by atoms with E-state index in [9.17, 15) is 0 Å². The first-order valence-corrected chi connectivity index (χ1v) is 4.86. The molecule has 0 saturated carbocycles. The van der Waals surface area contributed by atoms with E-state index in [0.29, 0.717) is 0 Å². The molecule has 1 aliphatic rings. The Bertz CT molecular complexity index is 301. The van der Waals surface area contributed by atoms with E-state index in [1.165, 1.54) is 0 Å². The van der Waals surface area contributed by atoms with Crippen molar-refractivity contribution in [1.82, 2.24) is 0 Å². The molecule has 1 saturated heterocycles. The number of anilines is 1. The number of benzene rings is 1. The summed E-state index contributed by atoms with van der Waals surface area (Å²) >= 11 is 0. The number of hydrogen-bond donors (Lipinski definition) is 1.